The molecular formula is C28H25N3S. The molecule has 2 N–H and O–H groups in total. The number of hydrogen-bond acceptors (Lipinski definition) is 3. The minimum absolute atomic E-state index is 0.637. The molecule has 0 aliphatic carbocycles. The Morgan fingerprint density at radius 2 is 1.72 bits per heavy atom. The van der Waals surface area contributed by atoms with Gasteiger partial charge >= 0.3 is 0 Å². The third kappa shape index (κ3) is 3.45. The van der Waals surface area contributed by atoms with Gasteiger partial charge in [0.15, 0.2) is 0 Å². The Morgan fingerprint density at radius 1 is 1.03 bits per heavy atom. The minimum atomic E-state index is 0.637. The van der Waals surface area contributed by atoms with E-state index in [4.69, 9.17) is 5.73 Å². The first-order valence-electron chi connectivity index (χ1n) is 10.2. The average molecular weight is 436 g/mol. The van der Waals surface area contributed by atoms with E-state index in [0.29, 0.717) is 17.1 Å². The summed E-state index contributed by atoms with van der Waals surface area (Å²) in [7, 11) is 0. The molecule has 3 nitrogen and oxygen atoms in total. The molecule has 2 heterocycles. The van der Waals surface area contributed by atoms with E-state index < -0.39 is 0 Å². The lowest BCUT2D eigenvalue weighted by molar-refractivity contribution is 1.20. The Labute approximate surface area is 192 Å². The first-order chi connectivity index (χ1) is 15.5. The van der Waals surface area contributed by atoms with Crippen molar-refractivity contribution in [3.63, 3.8) is 0 Å². The van der Waals surface area contributed by atoms with Gasteiger partial charge in [0, 0.05) is 21.9 Å². The summed E-state index contributed by atoms with van der Waals surface area (Å²) < 4.78 is 3.30. The zero-order valence-corrected chi connectivity index (χ0v) is 19.0. The van der Waals surface area contributed by atoms with Gasteiger partial charge in [0.25, 0.3) is 0 Å². The van der Waals surface area contributed by atoms with Crippen molar-refractivity contribution in [1.82, 2.24) is 4.57 Å². The van der Waals surface area contributed by atoms with Gasteiger partial charge < -0.3 is 5.73 Å². The SMILES string of the molecule is C=C/C=C\C(=C)C(=C)C(=NC=C)n1c(-c2sc3ccccc3c2C)c(N)c2ccccc21. The van der Waals surface area contributed by atoms with Crippen molar-refractivity contribution in [1.29, 1.82) is 0 Å². The number of fused-ring (bicyclic) bond motifs is 2. The van der Waals surface area contributed by atoms with Gasteiger partial charge in [0.05, 0.1) is 21.8 Å². The van der Waals surface area contributed by atoms with Crippen LogP contribution in [-0.4, -0.2) is 10.4 Å². The molecule has 0 saturated heterocycles. The van der Waals surface area contributed by atoms with E-state index in [1.165, 1.54) is 21.8 Å². The monoisotopic (exact) mass is 435 g/mol. The van der Waals surface area contributed by atoms with Crippen molar-refractivity contribution < 1.29 is 0 Å². The highest BCUT2D eigenvalue weighted by molar-refractivity contribution is 7.22. The van der Waals surface area contributed by atoms with E-state index >= 15 is 0 Å². The summed E-state index contributed by atoms with van der Waals surface area (Å²) in [6.45, 7) is 18.2. The van der Waals surface area contributed by atoms with Gasteiger partial charge in [-0.1, -0.05) is 80.9 Å². The van der Waals surface area contributed by atoms with E-state index in [1.807, 2.05) is 36.4 Å². The van der Waals surface area contributed by atoms with E-state index in [2.05, 4.69) is 67.1 Å². The highest BCUT2D eigenvalue weighted by Gasteiger charge is 2.24. The first-order valence-corrected chi connectivity index (χ1v) is 11.0. The Kier molecular flexibility index (Phi) is 5.80. The number of nitrogens with zero attached hydrogens (tertiary/aromatic N) is 2. The van der Waals surface area contributed by atoms with Crippen molar-refractivity contribution in [2.45, 2.75) is 6.92 Å². The van der Waals surface area contributed by atoms with Crippen molar-refractivity contribution in [3.8, 4) is 10.6 Å². The molecule has 2 aromatic heterocycles. The van der Waals surface area contributed by atoms with E-state index in [-0.39, 0.29) is 0 Å². The third-order valence-corrected chi connectivity index (χ3v) is 6.77. The highest BCUT2D eigenvalue weighted by atomic mass is 32.1. The Bertz CT molecular complexity index is 1460. The molecule has 0 atom stereocenters. The third-order valence-electron chi connectivity index (χ3n) is 5.49. The summed E-state index contributed by atoms with van der Waals surface area (Å²) in [6, 6.07) is 16.5. The topological polar surface area (TPSA) is 43.3 Å². The molecule has 0 amide bonds. The van der Waals surface area contributed by atoms with Crippen LogP contribution in [0.3, 0.4) is 0 Å². The zero-order valence-electron chi connectivity index (χ0n) is 18.1. The fourth-order valence-electron chi connectivity index (χ4n) is 3.89. The number of benzene rings is 2. The predicted molar refractivity (Wildman–Crippen MR) is 143 cm³/mol. The summed E-state index contributed by atoms with van der Waals surface area (Å²) in [5.74, 6) is 0.637. The quantitative estimate of drug-likeness (QED) is 0.189. The van der Waals surface area contributed by atoms with Crippen molar-refractivity contribution in [2.75, 3.05) is 5.73 Å². The molecule has 0 unspecified atom stereocenters. The lowest BCUT2D eigenvalue weighted by Crippen LogP contribution is -2.16. The smallest absolute Gasteiger partial charge is 0.144 e. The maximum atomic E-state index is 6.78. The van der Waals surface area contributed by atoms with Crippen LogP contribution < -0.4 is 5.73 Å². The number of aliphatic imine (C=N–C) groups is 1. The van der Waals surface area contributed by atoms with E-state index in [1.54, 1.807) is 17.4 Å². The fraction of sp³-hybridized carbons (Fsp3) is 0.0357. The lowest BCUT2D eigenvalue weighted by atomic mass is 10.1. The van der Waals surface area contributed by atoms with Crippen LogP contribution in [0.25, 0.3) is 31.6 Å². The molecular weight excluding hydrogens is 410 g/mol. The number of thiophene rings is 1. The number of aryl methyl sites for hydroxylation is 1. The van der Waals surface area contributed by atoms with Crippen molar-refractivity contribution in [2.24, 2.45) is 4.99 Å². The maximum Gasteiger partial charge on any atom is 0.144 e. The van der Waals surface area contributed by atoms with Crippen molar-refractivity contribution >= 4 is 43.8 Å². The van der Waals surface area contributed by atoms with Crippen molar-refractivity contribution in [3.05, 3.63) is 116 Å². The van der Waals surface area contributed by atoms with Crippen LogP contribution >= 0.6 is 11.3 Å². The van der Waals surface area contributed by atoms with Gasteiger partial charge in [-0.25, -0.2) is 4.99 Å². The summed E-state index contributed by atoms with van der Waals surface area (Å²) in [6.07, 6.45) is 6.93. The normalized spacial score (nSPS) is 12.0. The molecule has 4 aromatic rings. The molecule has 0 fully saturated rings. The second-order valence-corrected chi connectivity index (χ2v) is 8.45. The van der Waals surface area contributed by atoms with Crippen LogP contribution in [-0.2, 0) is 0 Å². The molecule has 4 rings (SSSR count). The molecule has 32 heavy (non-hydrogen) atoms. The first kappa shape index (κ1) is 21.3. The summed E-state index contributed by atoms with van der Waals surface area (Å²) in [5, 5.41) is 2.19. The number of hydrogen-bond donors (Lipinski definition) is 1. The predicted octanol–water partition coefficient (Wildman–Crippen LogP) is 7.66. The summed E-state index contributed by atoms with van der Waals surface area (Å²) in [4.78, 5) is 5.74. The number of aromatic nitrogens is 1. The second-order valence-electron chi connectivity index (χ2n) is 7.40. The van der Waals surface area contributed by atoms with Crippen LogP contribution in [0.5, 0.6) is 0 Å². The molecule has 158 valence electrons. The lowest BCUT2D eigenvalue weighted by Gasteiger charge is -2.16. The second kappa shape index (κ2) is 8.69. The molecule has 4 heteroatoms. The molecule has 0 spiro atoms. The number of nitrogens with two attached hydrogens (primary N) is 1. The van der Waals surface area contributed by atoms with Gasteiger partial charge in [-0.2, -0.15) is 0 Å². The van der Waals surface area contributed by atoms with Gasteiger partial charge in [-0.05, 0) is 35.6 Å². The van der Waals surface area contributed by atoms with Crippen LogP contribution in [0.15, 0.2) is 115 Å². The average Bonchev–Trinajstić information content (AvgIpc) is 3.29. The molecule has 0 aliphatic rings. The maximum absolute atomic E-state index is 6.78. The van der Waals surface area contributed by atoms with Crippen LogP contribution in [0.1, 0.15) is 5.56 Å². The van der Waals surface area contributed by atoms with Gasteiger partial charge in [-0.15, -0.1) is 11.3 Å². The highest BCUT2D eigenvalue weighted by Crippen LogP contribution is 2.44. The van der Waals surface area contributed by atoms with Gasteiger partial charge in [0.2, 0.25) is 0 Å². The number of rotatable bonds is 6. The van der Waals surface area contributed by atoms with Crippen LogP contribution in [0.4, 0.5) is 5.69 Å². The molecule has 0 bridgehead atoms. The minimum Gasteiger partial charge on any atom is -0.396 e. The number of anilines is 1. The number of nitrogen functional groups attached to an aromatic ring is 1. The summed E-state index contributed by atoms with van der Waals surface area (Å²) >= 11 is 1.73. The molecule has 2 aromatic carbocycles. The Morgan fingerprint density at radius 3 is 2.41 bits per heavy atom. The number of allylic oxidation sites excluding steroid dienone is 5. The van der Waals surface area contributed by atoms with Crippen LogP contribution in [0.2, 0.25) is 0 Å². The Balaban J connectivity index is 2.07. The van der Waals surface area contributed by atoms with E-state index in [0.717, 1.165) is 27.0 Å². The van der Waals surface area contributed by atoms with Gasteiger partial charge in [-0.3, -0.25) is 4.57 Å². The molecule has 0 aliphatic heterocycles. The van der Waals surface area contributed by atoms with Gasteiger partial charge in [0.1, 0.15) is 5.84 Å². The van der Waals surface area contributed by atoms with E-state index in [9.17, 15) is 0 Å². The fourth-order valence-corrected chi connectivity index (χ4v) is 5.15. The number of para-hydroxylation sites is 1. The molecule has 0 radical (unpaired) electrons. The standard InChI is InChI=1S/C28H25N3S/c1-6-8-13-18(3)19(4)28(30-7-2)31-23-16-11-9-15-22(23)25(29)26(31)27-20(5)21-14-10-12-17-24(21)32-27/h6-17H,1-4,29H2,5H3/b13-8-,30-28?. The summed E-state index contributed by atoms with van der Waals surface area (Å²) in [5.41, 5.74) is 12.0. The Hall–Kier alpha value is -3.89. The van der Waals surface area contributed by atoms with Crippen LogP contribution in [0, 0.1) is 6.92 Å². The zero-order chi connectivity index (χ0) is 22.8. The largest absolute Gasteiger partial charge is 0.396 e. The molecule has 0 saturated carbocycles.